The molecule has 3 fully saturated rings. The lowest BCUT2D eigenvalue weighted by Gasteiger charge is -2.33. The van der Waals surface area contributed by atoms with Crippen molar-refractivity contribution in [3.8, 4) is 0 Å². The van der Waals surface area contributed by atoms with Crippen LogP contribution in [0.2, 0.25) is 0 Å². The number of anilines is 4. The number of pyridine rings is 2. The second-order valence-electron chi connectivity index (χ2n) is 8.94. The monoisotopic (exact) mass is 448 g/mol. The molecule has 1 saturated carbocycles. The number of fused-ring (bicyclic) bond motifs is 1. The van der Waals surface area contributed by atoms with E-state index in [2.05, 4.69) is 37.6 Å². The van der Waals surface area contributed by atoms with E-state index in [4.69, 9.17) is 4.98 Å². The van der Waals surface area contributed by atoms with E-state index >= 15 is 0 Å². The molecule has 0 bridgehead atoms. The number of rotatable bonds is 6. The highest BCUT2D eigenvalue weighted by Gasteiger charge is 2.29. The molecule has 3 aromatic heterocycles. The molecule has 5 heterocycles. The van der Waals surface area contributed by atoms with Gasteiger partial charge in [0.1, 0.15) is 17.5 Å². The fraction of sp³-hybridized carbons (Fsp3) is 0.458. The number of piperazine rings is 1. The molecule has 7 nitrogen and oxygen atoms in total. The van der Waals surface area contributed by atoms with Gasteiger partial charge in [-0.3, -0.25) is 4.79 Å². The van der Waals surface area contributed by atoms with E-state index in [1.54, 1.807) is 11.3 Å². The van der Waals surface area contributed by atoms with Gasteiger partial charge in [0, 0.05) is 44.7 Å². The van der Waals surface area contributed by atoms with E-state index in [0.29, 0.717) is 5.92 Å². The molecule has 32 heavy (non-hydrogen) atoms. The zero-order valence-corrected chi connectivity index (χ0v) is 19.0. The Morgan fingerprint density at radius 1 is 1.06 bits per heavy atom. The minimum atomic E-state index is 0.500. The Hall–Kier alpha value is -2.71. The van der Waals surface area contributed by atoms with Crippen molar-refractivity contribution in [1.82, 2.24) is 15.3 Å². The fourth-order valence-electron chi connectivity index (χ4n) is 4.83. The second-order valence-corrected chi connectivity index (χ2v) is 9.99. The predicted molar refractivity (Wildman–Crippen MR) is 131 cm³/mol. The number of carbonyl (C=O) groups excluding carboxylic acids is 1. The summed E-state index contributed by atoms with van der Waals surface area (Å²) in [5.41, 5.74) is 2.39. The minimum Gasteiger partial charge on any atom is -0.368 e. The molecule has 166 valence electrons. The summed E-state index contributed by atoms with van der Waals surface area (Å²) >= 11 is 1.61. The van der Waals surface area contributed by atoms with Crippen LogP contribution in [0.4, 0.5) is 23.1 Å². The Morgan fingerprint density at radius 2 is 1.91 bits per heavy atom. The number of hydrogen-bond donors (Lipinski definition) is 2. The topological polar surface area (TPSA) is 73.4 Å². The summed E-state index contributed by atoms with van der Waals surface area (Å²) in [6, 6.07) is 6.29. The van der Waals surface area contributed by atoms with Gasteiger partial charge in [0.2, 0.25) is 0 Å². The Balaban J connectivity index is 1.35. The van der Waals surface area contributed by atoms with Crippen LogP contribution in [-0.2, 0) is 0 Å². The molecule has 2 N–H and O–H groups in total. The highest BCUT2D eigenvalue weighted by molar-refractivity contribution is 7.21. The number of thiophene rings is 1. The molecule has 2 aliphatic heterocycles. The maximum Gasteiger partial charge on any atom is 0.160 e. The summed E-state index contributed by atoms with van der Waals surface area (Å²) in [4.78, 5) is 27.1. The highest BCUT2D eigenvalue weighted by atomic mass is 32.1. The summed E-state index contributed by atoms with van der Waals surface area (Å²) in [7, 11) is 0. The zero-order chi connectivity index (χ0) is 21.5. The third kappa shape index (κ3) is 3.51. The molecule has 2 saturated heterocycles. The third-order valence-corrected chi connectivity index (χ3v) is 8.13. The van der Waals surface area contributed by atoms with Crippen LogP contribution in [0.3, 0.4) is 0 Å². The number of hydrogen-bond acceptors (Lipinski definition) is 8. The first-order valence-electron chi connectivity index (χ1n) is 11.7. The van der Waals surface area contributed by atoms with Crippen LogP contribution < -0.4 is 20.4 Å². The number of aldehydes is 1. The van der Waals surface area contributed by atoms with Gasteiger partial charge in [-0.25, -0.2) is 9.97 Å². The molecule has 1 aliphatic carbocycles. The molecule has 8 heteroatoms. The van der Waals surface area contributed by atoms with Gasteiger partial charge in [0.05, 0.1) is 21.5 Å². The summed E-state index contributed by atoms with van der Waals surface area (Å²) in [5.74, 6) is 3.10. The third-order valence-electron chi connectivity index (χ3n) is 6.98. The van der Waals surface area contributed by atoms with Crippen molar-refractivity contribution in [2.45, 2.75) is 31.6 Å². The Morgan fingerprint density at radius 3 is 2.53 bits per heavy atom. The van der Waals surface area contributed by atoms with Gasteiger partial charge in [-0.1, -0.05) is 6.42 Å². The molecule has 0 atom stereocenters. The second kappa shape index (κ2) is 8.33. The number of nitrogens with zero attached hydrogens (tertiary/aromatic N) is 4. The molecule has 6 rings (SSSR count). The summed E-state index contributed by atoms with van der Waals surface area (Å²) in [6.07, 6.45) is 7.77. The van der Waals surface area contributed by atoms with E-state index in [1.807, 2.05) is 12.3 Å². The van der Waals surface area contributed by atoms with Crippen LogP contribution in [0.5, 0.6) is 0 Å². The maximum atomic E-state index is 11.9. The number of nitrogens with one attached hydrogen (secondary N) is 2. The van der Waals surface area contributed by atoms with Gasteiger partial charge >= 0.3 is 0 Å². The van der Waals surface area contributed by atoms with Crippen molar-refractivity contribution in [1.29, 1.82) is 0 Å². The summed E-state index contributed by atoms with van der Waals surface area (Å²) < 4.78 is 1.15. The van der Waals surface area contributed by atoms with E-state index in [0.717, 1.165) is 78.3 Å². The predicted octanol–water partition coefficient (Wildman–Crippen LogP) is 4.13. The van der Waals surface area contributed by atoms with Crippen LogP contribution in [0.25, 0.3) is 10.1 Å². The first kappa shape index (κ1) is 19.9. The Labute approximate surface area is 191 Å². The van der Waals surface area contributed by atoms with E-state index in [-0.39, 0.29) is 0 Å². The van der Waals surface area contributed by atoms with Crippen molar-refractivity contribution in [2.24, 2.45) is 0 Å². The molecule has 0 aromatic carbocycles. The maximum absolute atomic E-state index is 11.9. The molecular formula is C24H28N6OS. The minimum absolute atomic E-state index is 0.500. The first-order chi connectivity index (χ1) is 15.8. The van der Waals surface area contributed by atoms with Gasteiger partial charge in [0.25, 0.3) is 0 Å². The molecule has 0 spiro atoms. The Bertz CT molecular complexity index is 1130. The van der Waals surface area contributed by atoms with Crippen LogP contribution in [0.15, 0.2) is 24.4 Å². The highest BCUT2D eigenvalue weighted by Crippen LogP contribution is 2.47. The lowest BCUT2D eigenvalue weighted by molar-refractivity contribution is 0.112. The van der Waals surface area contributed by atoms with Crippen molar-refractivity contribution in [3.05, 3.63) is 34.8 Å². The quantitative estimate of drug-likeness (QED) is 0.549. The number of carbonyl (C=O) groups is 1. The van der Waals surface area contributed by atoms with Crippen LogP contribution in [-0.4, -0.2) is 55.5 Å². The van der Waals surface area contributed by atoms with Gasteiger partial charge in [0.15, 0.2) is 6.29 Å². The van der Waals surface area contributed by atoms with Crippen LogP contribution >= 0.6 is 11.3 Å². The molecule has 3 aromatic rings. The molecule has 0 radical (unpaired) electrons. The van der Waals surface area contributed by atoms with Gasteiger partial charge < -0.3 is 20.4 Å². The first-order valence-corrected chi connectivity index (χ1v) is 12.5. The van der Waals surface area contributed by atoms with Crippen LogP contribution in [0, 0.1) is 0 Å². The lowest BCUT2D eigenvalue weighted by Crippen LogP contribution is -2.43. The van der Waals surface area contributed by atoms with Crippen molar-refractivity contribution < 1.29 is 4.79 Å². The largest absolute Gasteiger partial charge is 0.368 e. The van der Waals surface area contributed by atoms with E-state index in [9.17, 15) is 4.79 Å². The molecule has 3 aliphatic rings. The van der Waals surface area contributed by atoms with Gasteiger partial charge in [-0.05, 0) is 48.9 Å². The zero-order valence-electron chi connectivity index (χ0n) is 18.1. The van der Waals surface area contributed by atoms with Gasteiger partial charge in [-0.15, -0.1) is 11.3 Å². The summed E-state index contributed by atoms with van der Waals surface area (Å²) in [6.45, 7) is 6.08. The average Bonchev–Trinajstić information content (AvgIpc) is 3.11. The molecule has 0 unspecified atom stereocenters. The number of aromatic nitrogens is 2. The average molecular weight is 449 g/mol. The smallest absolute Gasteiger partial charge is 0.160 e. The summed E-state index contributed by atoms with van der Waals surface area (Å²) in [5, 5.41) is 8.01. The fourth-order valence-corrected chi connectivity index (χ4v) is 6.03. The van der Waals surface area contributed by atoms with E-state index < -0.39 is 0 Å². The normalized spacial score (nSPS) is 19.0. The molecule has 0 amide bonds. The lowest BCUT2D eigenvalue weighted by atomic mass is 9.79. The van der Waals surface area contributed by atoms with Crippen LogP contribution in [0.1, 0.15) is 46.8 Å². The van der Waals surface area contributed by atoms with Crippen molar-refractivity contribution >= 4 is 50.9 Å². The standard InChI is InChI=1S/C24H28N6OS/c31-15-19-22(16-3-1-4-16)18-13-21(28-24(23(18)32-19)30-9-2-10-30)27-20-6-5-17(14-26-20)29-11-7-25-8-12-29/h5-6,13-16,25H,1-4,7-12H2,(H,26,27,28). The Kier molecular flexibility index (Phi) is 5.19. The van der Waals surface area contributed by atoms with E-state index in [1.165, 1.54) is 36.6 Å². The molecular weight excluding hydrogens is 420 g/mol. The van der Waals surface area contributed by atoms with Crippen molar-refractivity contribution in [2.75, 3.05) is 54.4 Å². The van der Waals surface area contributed by atoms with Crippen molar-refractivity contribution in [3.63, 3.8) is 0 Å². The van der Waals surface area contributed by atoms with Gasteiger partial charge in [-0.2, -0.15) is 0 Å². The SMILES string of the molecule is O=Cc1sc2c(N3CCC3)nc(Nc3ccc(N4CCNCC4)cn3)cc2c1C1CCC1.